The first-order valence-electron chi connectivity index (χ1n) is 2.87. The summed E-state index contributed by atoms with van der Waals surface area (Å²) in [6.45, 7) is 1.76. The summed E-state index contributed by atoms with van der Waals surface area (Å²) in [4.78, 5) is 4.49. The van der Waals surface area contributed by atoms with Crippen LogP contribution in [0.2, 0.25) is 0 Å². The van der Waals surface area contributed by atoms with Gasteiger partial charge in [-0.1, -0.05) is 12.2 Å². The van der Waals surface area contributed by atoms with Crippen molar-refractivity contribution in [2.75, 3.05) is 0 Å². The topological polar surface area (TPSA) is 25.5 Å². The average Bonchev–Trinajstić information content (AvgIpc) is 2.34. The molecule has 1 radical (unpaired) electrons. The van der Waals surface area contributed by atoms with Crippen LogP contribution in [0.5, 0.6) is 0 Å². The number of hydrogen-bond donors (Lipinski definition) is 0. The monoisotopic (exact) mass is 251 g/mol. The molecule has 0 aromatic carbocycles. The van der Waals surface area contributed by atoms with Crippen LogP contribution in [0, 0.1) is 0 Å². The maximum atomic E-state index is 4.97. The number of halogens is 1. The molecule has 1 aromatic rings. The largest absolute Gasteiger partial charge is 2.00 e. The third kappa shape index (κ3) is 5.49. The van der Waals surface area contributed by atoms with Crippen molar-refractivity contribution in [1.29, 1.82) is 0 Å². The Morgan fingerprint density at radius 3 is 2.75 bits per heavy atom. The summed E-state index contributed by atoms with van der Waals surface area (Å²) in [7, 11) is 0. The molecule has 0 saturated heterocycles. The number of rotatable bonds is 1. The van der Waals surface area contributed by atoms with Gasteiger partial charge < -0.3 is 16.8 Å². The standard InChI is InChI=1S/C7H7NOS.ClH.Cu/c1-6(10)8-5-7-3-2-4-9-7;;/h2-5H,1H3;1H;/q;;+2/p-1. The van der Waals surface area contributed by atoms with Crippen molar-refractivity contribution in [3.05, 3.63) is 24.2 Å². The first kappa shape index (κ1) is 14.4. The molecule has 2 nitrogen and oxygen atoms in total. The van der Waals surface area contributed by atoms with Crippen LogP contribution in [0.15, 0.2) is 27.8 Å². The Labute approximate surface area is 93.3 Å². The molecule has 0 atom stereocenters. The van der Waals surface area contributed by atoms with Gasteiger partial charge in [0.05, 0.1) is 17.5 Å². The minimum atomic E-state index is 0. The van der Waals surface area contributed by atoms with E-state index in [0.29, 0.717) is 4.99 Å². The van der Waals surface area contributed by atoms with Crippen LogP contribution in [-0.2, 0) is 17.1 Å². The Bertz CT molecular complexity index is 248. The van der Waals surface area contributed by atoms with E-state index in [4.69, 9.17) is 16.6 Å². The molecule has 0 saturated carbocycles. The summed E-state index contributed by atoms with van der Waals surface area (Å²) in [5.74, 6) is 0.726. The van der Waals surface area contributed by atoms with Crippen molar-refractivity contribution in [3.8, 4) is 0 Å². The molecule has 0 aliphatic carbocycles. The van der Waals surface area contributed by atoms with Crippen molar-refractivity contribution in [1.82, 2.24) is 0 Å². The Morgan fingerprint density at radius 1 is 1.67 bits per heavy atom. The normalized spacial score (nSPS) is 8.75. The Balaban J connectivity index is 0. The predicted octanol–water partition coefficient (Wildman–Crippen LogP) is -0.953. The van der Waals surface area contributed by atoms with Crippen LogP contribution in [0.25, 0.3) is 0 Å². The first-order valence-corrected chi connectivity index (χ1v) is 3.28. The van der Waals surface area contributed by atoms with Gasteiger partial charge >= 0.3 is 17.1 Å². The summed E-state index contributed by atoms with van der Waals surface area (Å²) in [5.41, 5.74) is 0. The van der Waals surface area contributed by atoms with Gasteiger partial charge in [-0.15, -0.1) is 0 Å². The van der Waals surface area contributed by atoms with Gasteiger partial charge in [-0.2, -0.15) is 0 Å². The number of aliphatic imine (C=N–C) groups is 1. The van der Waals surface area contributed by atoms with Crippen molar-refractivity contribution in [2.45, 2.75) is 6.92 Å². The van der Waals surface area contributed by atoms with Crippen molar-refractivity contribution >= 4 is 23.4 Å². The fourth-order valence-electron chi connectivity index (χ4n) is 0.519. The second kappa shape index (κ2) is 7.50. The Hall–Kier alpha value is -0.151. The average molecular weight is 252 g/mol. The maximum Gasteiger partial charge on any atom is 2.00 e. The van der Waals surface area contributed by atoms with Crippen LogP contribution >= 0.6 is 12.2 Å². The molecule has 1 aromatic heterocycles. The third-order valence-corrected chi connectivity index (χ3v) is 1.02. The van der Waals surface area contributed by atoms with Crippen LogP contribution < -0.4 is 12.4 Å². The molecular weight excluding hydrogens is 245 g/mol. The second-order valence-corrected chi connectivity index (χ2v) is 2.38. The summed E-state index contributed by atoms with van der Waals surface area (Å²) < 4.78 is 4.97. The van der Waals surface area contributed by atoms with Crippen molar-refractivity contribution in [3.63, 3.8) is 0 Å². The maximum absolute atomic E-state index is 4.97. The molecule has 1 heterocycles. The molecule has 0 bridgehead atoms. The summed E-state index contributed by atoms with van der Waals surface area (Å²) in [6, 6.07) is 3.63. The van der Waals surface area contributed by atoms with Crippen LogP contribution in [0.1, 0.15) is 12.7 Å². The van der Waals surface area contributed by atoms with E-state index in [0.717, 1.165) is 5.76 Å². The summed E-state index contributed by atoms with van der Waals surface area (Å²) in [5, 5.41) is 0. The van der Waals surface area contributed by atoms with E-state index in [1.807, 2.05) is 6.07 Å². The van der Waals surface area contributed by atoms with E-state index in [1.165, 1.54) is 0 Å². The van der Waals surface area contributed by atoms with Gasteiger partial charge in [0.2, 0.25) is 0 Å². The molecular formula is C7H7ClCuNOS+. The van der Waals surface area contributed by atoms with E-state index >= 15 is 0 Å². The predicted molar refractivity (Wildman–Crippen MR) is 44.6 cm³/mol. The molecule has 1 rings (SSSR count). The minimum absolute atomic E-state index is 0. The van der Waals surface area contributed by atoms with E-state index < -0.39 is 0 Å². The first-order chi connectivity index (χ1) is 4.79. The van der Waals surface area contributed by atoms with E-state index in [-0.39, 0.29) is 29.5 Å². The number of furan rings is 1. The van der Waals surface area contributed by atoms with Crippen LogP contribution in [-0.4, -0.2) is 11.2 Å². The van der Waals surface area contributed by atoms with E-state index in [1.54, 1.807) is 25.5 Å². The van der Waals surface area contributed by atoms with Gasteiger partial charge in [0, 0.05) is 0 Å². The molecule has 0 spiro atoms. The fourth-order valence-corrected chi connectivity index (χ4v) is 0.572. The summed E-state index contributed by atoms with van der Waals surface area (Å²) >= 11 is 4.73. The zero-order chi connectivity index (χ0) is 7.40. The van der Waals surface area contributed by atoms with Gasteiger partial charge in [-0.25, -0.2) is 4.99 Å². The van der Waals surface area contributed by atoms with Gasteiger partial charge in [0.15, 0.2) is 0 Å². The fraction of sp³-hybridized carbons (Fsp3) is 0.143. The van der Waals surface area contributed by atoms with E-state index in [2.05, 4.69) is 4.99 Å². The molecule has 0 fully saturated rings. The van der Waals surface area contributed by atoms with Gasteiger partial charge in [-0.05, 0) is 19.1 Å². The van der Waals surface area contributed by atoms with Gasteiger partial charge in [0.25, 0.3) is 0 Å². The molecule has 12 heavy (non-hydrogen) atoms. The molecule has 0 unspecified atom stereocenters. The van der Waals surface area contributed by atoms with E-state index in [9.17, 15) is 0 Å². The SMILES string of the molecule is CC(=S)N=Cc1ccco1.[Cl-].[Cu+2]. The Morgan fingerprint density at radius 2 is 2.33 bits per heavy atom. The summed E-state index contributed by atoms with van der Waals surface area (Å²) in [6.07, 6.45) is 3.20. The van der Waals surface area contributed by atoms with Crippen LogP contribution in [0.3, 0.4) is 0 Å². The number of thiocarbonyl (C=S) groups is 1. The van der Waals surface area contributed by atoms with Gasteiger partial charge in [0.1, 0.15) is 5.76 Å². The molecule has 0 amide bonds. The smallest absolute Gasteiger partial charge is 1.00 e. The van der Waals surface area contributed by atoms with Crippen molar-refractivity contribution < 1.29 is 33.9 Å². The molecule has 5 heteroatoms. The minimum Gasteiger partial charge on any atom is -1.00 e. The number of nitrogens with zero attached hydrogens (tertiary/aromatic N) is 1. The van der Waals surface area contributed by atoms with Crippen molar-refractivity contribution in [2.24, 2.45) is 4.99 Å². The molecule has 0 N–H and O–H groups in total. The second-order valence-electron chi connectivity index (χ2n) is 1.79. The zero-order valence-electron chi connectivity index (χ0n) is 6.25. The van der Waals surface area contributed by atoms with Gasteiger partial charge in [-0.3, -0.25) is 0 Å². The molecule has 0 aliphatic heterocycles. The third-order valence-electron chi connectivity index (χ3n) is 0.917. The zero-order valence-corrected chi connectivity index (χ0v) is 8.77. The quantitative estimate of drug-likeness (QED) is 0.366. The Kier molecular flexibility index (Phi) is 8.98. The van der Waals surface area contributed by atoms with Crippen LogP contribution in [0.4, 0.5) is 0 Å². The number of hydrogen-bond acceptors (Lipinski definition) is 2. The molecule has 0 aliphatic rings. The molecule has 69 valence electrons.